The summed E-state index contributed by atoms with van der Waals surface area (Å²) in [7, 11) is 0. The van der Waals surface area contributed by atoms with Gasteiger partial charge in [0, 0.05) is 5.56 Å². The highest BCUT2D eigenvalue weighted by Gasteiger charge is 2.29. The van der Waals surface area contributed by atoms with Crippen molar-refractivity contribution in [3.63, 3.8) is 0 Å². The zero-order chi connectivity index (χ0) is 16.5. The second kappa shape index (κ2) is 5.45. The Morgan fingerprint density at radius 2 is 1.38 bits per heavy atom. The zero-order valence-corrected chi connectivity index (χ0v) is 10.8. The molecule has 0 saturated carbocycles. The third-order valence-electron chi connectivity index (χ3n) is 2.66. The molecule has 0 fully saturated rings. The number of carboxylic acid groups (broad SMARTS) is 3. The number of carbonyl (C=O) groups excluding carboxylic acids is 1. The first-order valence-corrected chi connectivity index (χ1v) is 5.46. The highest BCUT2D eigenvalue weighted by molar-refractivity contribution is 6.19. The van der Waals surface area contributed by atoms with Crippen molar-refractivity contribution < 1.29 is 34.5 Å². The molecule has 8 nitrogen and oxygen atoms in total. The van der Waals surface area contributed by atoms with Crippen LogP contribution in [0.4, 0.5) is 5.69 Å². The van der Waals surface area contributed by atoms with Crippen LogP contribution in [0.3, 0.4) is 0 Å². The number of nitrogens with two attached hydrogens (primary N) is 1. The third-order valence-corrected chi connectivity index (χ3v) is 2.66. The summed E-state index contributed by atoms with van der Waals surface area (Å²) in [5.74, 6) is -5.83. The molecule has 110 valence electrons. The molecule has 0 atom stereocenters. The highest BCUT2D eigenvalue weighted by Crippen LogP contribution is 2.28. The zero-order valence-electron chi connectivity index (χ0n) is 10.8. The van der Waals surface area contributed by atoms with Crippen LogP contribution in [-0.4, -0.2) is 39.0 Å². The molecule has 0 aliphatic carbocycles. The van der Waals surface area contributed by atoms with Crippen LogP contribution in [0.2, 0.25) is 0 Å². The van der Waals surface area contributed by atoms with Gasteiger partial charge in [0.05, 0.1) is 22.4 Å². The number of rotatable bonds is 5. The van der Waals surface area contributed by atoms with Gasteiger partial charge in [-0.3, -0.25) is 4.79 Å². The van der Waals surface area contributed by atoms with E-state index in [1.165, 1.54) is 6.92 Å². The molecule has 0 radical (unpaired) electrons. The number of benzene rings is 1. The lowest BCUT2D eigenvalue weighted by molar-refractivity contribution is 0.0650. The summed E-state index contributed by atoms with van der Waals surface area (Å²) in [4.78, 5) is 45.3. The molecule has 0 saturated heterocycles. The number of nitrogen functional groups attached to an aromatic ring is 1. The van der Waals surface area contributed by atoms with Crippen LogP contribution in [0.5, 0.6) is 0 Å². The minimum Gasteiger partial charge on any atom is -0.478 e. The molecule has 0 spiro atoms. The molecule has 21 heavy (non-hydrogen) atoms. The fraction of sp³-hybridized carbons (Fsp3) is 0.0769. The fourth-order valence-electron chi connectivity index (χ4n) is 1.74. The molecule has 8 heteroatoms. The van der Waals surface area contributed by atoms with Gasteiger partial charge >= 0.3 is 17.9 Å². The number of allylic oxidation sites excluding steroid dienone is 1. The van der Waals surface area contributed by atoms with Crippen molar-refractivity contribution in [2.75, 3.05) is 5.73 Å². The quantitative estimate of drug-likeness (QED) is 0.357. The van der Waals surface area contributed by atoms with E-state index in [1.807, 2.05) is 0 Å². The Bertz CT molecular complexity index is 703. The average molecular weight is 293 g/mol. The first-order valence-electron chi connectivity index (χ1n) is 5.46. The molecule has 1 aromatic rings. The minimum atomic E-state index is -1.71. The Balaban J connectivity index is 3.94. The molecule has 0 aliphatic rings. The summed E-state index contributed by atoms with van der Waals surface area (Å²) in [6.45, 7) is 4.65. The van der Waals surface area contributed by atoms with Crippen molar-refractivity contribution in [1.82, 2.24) is 0 Å². The molecular weight excluding hydrogens is 282 g/mol. The summed E-state index contributed by atoms with van der Waals surface area (Å²) >= 11 is 0. The normalized spacial score (nSPS) is 9.95. The predicted molar refractivity (Wildman–Crippen MR) is 70.9 cm³/mol. The van der Waals surface area contributed by atoms with E-state index < -0.39 is 51.6 Å². The summed E-state index contributed by atoms with van der Waals surface area (Å²) in [5.41, 5.74) is 1.70. The van der Waals surface area contributed by atoms with Crippen LogP contribution in [0.15, 0.2) is 18.2 Å². The van der Waals surface area contributed by atoms with Crippen molar-refractivity contribution in [3.8, 4) is 0 Å². The van der Waals surface area contributed by atoms with E-state index in [2.05, 4.69) is 6.58 Å². The van der Waals surface area contributed by atoms with E-state index in [1.54, 1.807) is 0 Å². The van der Waals surface area contributed by atoms with Crippen LogP contribution in [0.1, 0.15) is 48.4 Å². The van der Waals surface area contributed by atoms with Gasteiger partial charge in [-0.1, -0.05) is 6.58 Å². The first kappa shape index (κ1) is 15.9. The number of hydrogen-bond acceptors (Lipinski definition) is 5. The van der Waals surface area contributed by atoms with E-state index in [4.69, 9.17) is 21.1 Å². The van der Waals surface area contributed by atoms with Gasteiger partial charge in [-0.2, -0.15) is 0 Å². The minimum absolute atomic E-state index is 0.0451. The predicted octanol–water partition coefficient (Wildman–Crippen LogP) is 1.12. The Hall–Kier alpha value is -3.16. The maximum Gasteiger partial charge on any atom is 0.338 e. The van der Waals surface area contributed by atoms with E-state index >= 15 is 0 Å². The van der Waals surface area contributed by atoms with Crippen molar-refractivity contribution >= 4 is 29.4 Å². The molecule has 0 aliphatic heterocycles. The fourth-order valence-corrected chi connectivity index (χ4v) is 1.74. The monoisotopic (exact) mass is 293 g/mol. The van der Waals surface area contributed by atoms with E-state index in [0.29, 0.717) is 6.07 Å². The Labute approximate surface area is 118 Å². The number of ketones is 1. The van der Waals surface area contributed by atoms with Crippen molar-refractivity contribution in [1.29, 1.82) is 0 Å². The second-order valence-electron chi connectivity index (χ2n) is 4.16. The number of aromatic carboxylic acids is 3. The van der Waals surface area contributed by atoms with Gasteiger partial charge in [0.2, 0.25) is 0 Å². The number of carboxylic acids is 3. The lowest BCUT2D eigenvalue weighted by Crippen LogP contribution is -2.20. The maximum atomic E-state index is 11.9. The smallest absolute Gasteiger partial charge is 0.338 e. The van der Waals surface area contributed by atoms with E-state index in [9.17, 15) is 19.2 Å². The van der Waals surface area contributed by atoms with Crippen LogP contribution in [0, 0.1) is 0 Å². The molecule has 0 heterocycles. The maximum absolute atomic E-state index is 11.9. The first-order chi connectivity index (χ1) is 9.59. The van der Waals surface area contributed by atoms with Gasteiger partial charge in [0.15, 0.2) is 5.78 Å². The van der Waals surface area contributed by atoms with E-state index in [0.717, 1.165) is 0 Å². The average Bonchev–Trinajstić information content (AvgIpc) is 2.34. The molecule has 1 rings (SSSR count). The SMILES string of the molecule is C=C(C)C(=O)c1cc(C(=O)O)c(C(=O)O)c(N)c1C(=O)O. The highest BCUT2D eigenvalue weighted by atomic mass is 16.4. The van der Waals surface area contributed by atoms with Crippen LogP contribution >= 0.6 is 0 Å². The van der Waals surface area contributed by atoms with Crippen molar-refractivity contribution in [2.45, 2.75) is 6.92 Å². The molecule has 1 aromatic carbocycles. The molecule has 0 aromatic heterocycles. The molecule has 0 unspecified atom stereocenters. The van der Waals surface area contributed by atoms with Gasteiger partial charge < -0.3 is 21.1 Å². The van der Waals surface area contributed by atoms with Crippen molar-refractivity contribution in [3.05, 3.63) is 40.5 Å². The topological polar surface area (TPSA) is 155 Å². The van der Waals surface area contributed by atoms with Crippen LogP contribution < -0.4 is 5.73 Å². The Kier molecular flexibility index (Phi) is 4.13. The van der Waals surface area contributed by atoms with Gasteiger partial charge in [0.25, 0.3) is 0 Å². The third kappa shape index (κ3) is 2.73. The number of carbonyl (C=O) groups is 4. The lowest BCUT2D eigenvalue weighted by Gasteiger charge is -2.13. The Morgan fingerprint density at radius 3 is 1.71 bits per heavy atom. The molecule has 0 amide bonds. The largest absolute Gasteiger partial charge is 0.478 e. The van der Waals surface area contributed by atoms with Gasteiger partial charge in [-0.25, -0.2) is 14.4 Å². The summed E-state index contributed by atoms with van der Waals surface area (Å²) in [6, 6.07) is 0.683. The summed E-state index contributed by atoms with van der Waals surface area (Å²) < 4.78 is 0. The summed E-state index contributed by atoms with van der Waals surface area (Å²) in [5, 5.41) is 27.1. The standard InChI is InChI=1S/C13H11NO7/c1-4(2)10(15)5-3-6(11(16)17)8(13(20)21)9(14)7(5)12(18)19/h3H,1,14H2,2H3,(H,16,17)(H,18,19)(H,20,21). The van der Waals surface area contributed by atoms with Gasteiger partial charge in [-0.05, 0) is 18.6 Å². The van der Waals surface area contributed by atoms with Crippen molar-refractivity contribution in [2.24, 2.45) is 0 Å². The summed E-state index contributed by atoms with van der Waals surface area (Å²) in [6.07, 6.45) is 0. The number of Topliss-reactive ketones (excluding diaryl/α,β-unsaturated/α-hetero) is 1. The number of hydrogen-bond donors (Lipinski definition) is 4. The second-order valence-corrected chi connectivity index (χ2v) is 4.16. The van der Waals surface area contributed by atoms with Gasteiger partial charge in [0.1, 0.15) is 0 Å². The van der Waals surface area contributed by atoms with Crippen LogP contribution in [0.25, 0.3) is 0 Å². The molecule has 5 N–H and O–H groups in total. The van der Waals surface area contributed by atoms with Gasteiger partial charge in [-0.15, -0.1) is 0 Å². The van der Waals surface area contributed by atoms with E-state index in [-0.39, 0.29) is 5.57 Å². The molecular formula is C13H11NO7. The molecule has 0 bridgehead atoms. The number of anilines is 1. The Morgan fingerprint density at radius 1 is 0.952 bits per heavy atom. The lowest BCUT2D eigenvalue weighted by atomic mass is 9.91. The van der Waals surface area contributed by atoms with Crippen LogP contribution in [-0.2, 0) is 0 Å².